The van der Waals surface area contributed by atoms with Crippen molar-refractivity contribution in [1.29, 1.82) is 0 Å². The van der Waals surface area contributed by atoms with Gasteiger partial charge in [-0.2, -0.15) is 0 Å². The van der Waals surface area contributed by atoms with Crippen LogP contribution in [0.1, 0.15) is 34.6 Å². The second-order valence-electron chi connectivity index (χ2n) is 5.02. The van der Waals surface area contributed by atoms with Crippen LogP contribution in [0.25, 0.3) is 0 Å². The standard InChI is InChI=1S/C12H23NO4/c1-8(14)10(7-13-11(15)16-6)9(2)17-12(3,4)5/h9-10H,7H2,1-6H3,(H,13,15)/t9-,10-/m1/s1. The molecular formula is C12H23NO4. The van der Waals surface area contributed by atoms with Gasteiger partial charge in [-0.3, -0.25) is 4.79 Å². The summed E-state index contributed by atoms with van der Waals surface area (Å²) in [4.78, 5) is 22.5. The number of carbonyl (C=O) groups excluding carboxylic acids is 2. The van der Waals surface area contributed by atoms with E-state index in [-0.39, 0.29) is 30.0 Å². The summed E-state index contributed by atoms with van der Waals surface area (Å²) in [6.07, 6.45) is -0.802. The third-order valence-electron chi connectivity index (χ3n) is 2.28. The Morgan fingerprint density at radius 2 is 1.82 bits per heavy atom. The van der Waals surface area contributed by atoms with Gasteiger partial charge in [0.2, 0.25) is 0 Å². The van der Waals surface area contributed by atoms with Crippen molar-refractivity contribution in [1.82, 2.24) is 5.32 Å². The van der Waals surface area contributed by atoms with Crippen LogP contribution in [0.15, 0.2) is 0 Å². The molecule has 0 fully saturated rings. The van der Waals surface area contributed by atoms with E-state index in [9.17, 15) is 9.59 Å². The summed E-state index contributed by atoms with van der Waals surface area (Å²) in [6, 6.07) is 0. The first-order valence-corrected chi connectivity index (χ1v) is 5.67. The lowest BCUT2D eigenvalue weighted by Gasteiger charge is -2.29. The predicted octanol–water partition coefficient (Wildman–Crippen LogP) is 1.75. The molecular weight excluding hydrogens is 222 g/mol. The average Bonchev–Trinajstić information content (AvgIpc) is 2.14. The number of hydrogen-bond acceptors (Lipinski definition) is 4. The normalized spacial score (nSPS) is 14.9. The topological polar surface area (TPSA) is 64.6 Å². The summed E-state index contributed by atoms with van der Waals surface area (Å²) >= 11 is 0. The lowest BCUT2D eigenvalue weighted by Crippen LogP contribution is -2.41. The summed E-state index contributed by atoms with van der Waals surface area (Å²) in [5.41, 5.74) is -0.321. The molecule has 1 amide bonds. The van der Waals surface area contributed by atoms with Gasteiger partial charge in [0.15, 0.2) is 0 Å². The minimum atomic E-state index is -0.542. The number of rotatable bonds is 5. The Bertz CT molecular complexity index is 270. The average molecular weight is 245 g/mol. The van der Waals surface area contributed by atoms with Gasteiger partial charge >= 0.3 is 6.09 Å². The van der Waals surface area contributed by atoms with Gasteiger partial charge in [-0.15, -0.1) is 0 Å². The molecule has 0 saturated heterocycles. The fourth-order valence-electron chi connectivity index (χ4n) is 1.55. The Balaban J connectivity index is 4.42. The molecule has 0 bridgehead atoms. The second-order valence-corrected chi connectivity index (χ2v) is 5.02. The molecule has 0 rings (SSSR count). The fraction of sp³-hybridized carbons (Fsp3) is 0.833. The van der Waals surface area contributed by atoms with E-state index in [2.05, 4.69) is 10.1 Å². The maximum atomic E-state index is 11.5. The second kappa shape index (κ2) is 6.59. The number of alkyl carbamates (subject to hydrolysis) is 1. The third kappa shape index (κ3) is 6.94. The first-order chi connectivity index (χ1) is 7.67. The van der Waals surface area contributed by atoms with E-state index in [0.717, 1.165) is 0 Å². The molecule has 0 unspecified atom stereocenters. The number of ketones is 1. The first-order valence-electron chi connectivity index (χ1n) is 5.67. The smallest absolute Gasteiger partial charge is 0.406 e. The van der Waals surface area contributed by atoms with Crippen molar-refractivity contribution in [3.63, 3.8) is 0 Å². The predicted molar refractivity (Wildman–Crippen MR) is 64.9 cm³/mol. The number of hydrogen-bond donors (Lipinski definition) is 1. The molecule has 100 valence electrons. The molecule has 0 aliphatic heterocycles. The van der Waals surface area contributed by atoms with Crippen LogP contribution in [-0.2, 0) is 14.3 Å². The van der Waals surface area contributed by atoms with Gasteiger partial charge in [0, 0.05) is 6.54 Å². The summed E-state index contributed by atoms with van der Waals surface area (Å²) in [5, 5.41) is 2.52. The molecule has 0 aromatic rings. The lowest BCUT2D eigenvalue weighted by atomic mass is 9.98. The summed E-state index contributed by atoms with van der Waals surface area (Å²) < 4.78 is 10.2. The molecule has 0 aliphatic rings. The molecule has 17 heavy (non-hydrogen) atoms. The van der Waals surface area contributed by atoms with E-state index < -0.39 is 6.09 Å². The van der Waals surface area contributed by atoms with Gasteiger partial charge in [0.1, 0.15) is 5.78 Å². The van der Waals surface area contributed by atoms with E-state index in [1.54, 1.807) is 0 Å². The molecule has 1 N–H and O–H groups in total. The van der Waals surface area contributed by atoms with Crippen LogP contribution in [0, 0.1) is 5.92 Å². The maximum Gasteiger partial charge on any atom is 0.406 e. The molecule has 0 aromatic heterocycles. The van der Waals surface area contributed by atoms with E-state index >= 15 is 0 Å². The molecule has 0 saturated carbocycles. The van der Waals surface area contributed by atoms with Gasteiger partial charge in [0.25, 0.3) is 0 Å². The molecule has 0 radical (unpaired) electrons. The zero-order valence-corrected chi connectivity index (χ0v) is 11.5. The van der Waals surface area contributed by atoms with Gasteiger partial charge in [-0.1, -0.05) is 0 Å². The Kier molecular flexibility index (Phi) is 6.16. The number of amides is 1. The molecule has 0 spiro atoms. The van der Waals surface area contributed by atoms with Crippen molar-refractivity contribution < 1.29 is 19.1 Å². The monoisotopic (exact) mass is 245 g/mol. The summed E-state index contributed by atoms with van der Waals surface area (Å²) in [7, 11) is 1.28. The third-order valence-corrected chi connectivity index (χ3v) is 2.28. The summed E-state index contributed by atoms with van der Waals surface area (Å²) in [5.74, 6) is -0.383. The van der Waals surface area contributed by atoms with Crippen molar-refractivity contribution in [2.75, 3.05) is 13.7 Å². The molecule has 0 aliphatic carbocycles. The quantitative estimate of drug-likeness (QED) is 0.801. The van der Waals surface area contributed by atoms with Crippen molar-refractivity contribution in [3.8, 4) is 0 Å². The fourth-order valence-corrected chi connectivity index (χ4v) is 1.55. The zero-order chi connectivity index (χ0) is 13.6. The molecule has 5 heteroatoms. The van der Waals surface area contributed by atoms with Crippen molar-refractivity contribution in [2.45, 2.75) is 46.3 Å². The van der Waals surface area contributed by atoms with Gasteiger partial charge in [-0.05, 0) is 34.6 Å². The highest BCUT2D eigenvalue weighted by molar-refractivity contribution is 5.79. The minimum absolute atomic E-state index is 0.0156. The Labute approximate surface area is 103 Å². The highest BCUT2D eigenvalue weighted by Gasteiger charge is 2.27. The van der Waals surface area contributed by atoms with E-state index in [1.165, 1.54) is 14.0 Å². The number of carbonyl (C=O) groups is 2. The van der Waals surface area contributed by atoms with E-state index in [0.29, 0.717) is 0 Å². The van der Waals surface area contributed by atoms with Crippen LogP contribution in [0.5, 0.6) is 0 Å². The minimum Gasteiger partial charge on any atom is -0.453 e. The Hall–Kier alpha value is -1.10. The van der Waals surface area contributed by atoms with Crippen LogP contribution < -0.4 is 5.32 Å². The number of nitrogens with one attached hydrogen (secondary N) is 1. The van der Waals surface area contributed by atoms with Crippen molar-refractivity contribution >= 4 is 11.9 Å². The Morgan fingerprint density at radius 3 is 2.18 bits per heavy atom. The van der Waals surface area contributed by atoms with Crippen LogP contribution >= 0.6 is 0 Å². The highest BCUT2D eigenvalue weighted by Crippen LogP contribution is 2.17. The molecule has 5 nitrogen and oxygen atoms in total. The number of Topliss-reactive ketones (excluding diaryl/α,β-unsaturated/α-hetero) is 1. The zero-order valence-electron chi connectivity index (χ0n) is 11.5. The SMILES string of the molecule is COC(=O)NC[C@H](C(C)=O)[C@@H](C)OC(C)(C)C. The highest BCUT2D eigenvalue weighted by atomic mass is 16.5. The summed E-state index contributed by atoms with van der Waals surface area (Å²) in [6.45, 7) is 9.32. The first kappa shape index (κ1) is 15.9. The molecule has 2 atom stereocenters. The maximum absolute atomic E-state index is 11.5. The number of methoxy groups -OCH3 is 1. The van der Waals surface area contributed by atoms with Crippen LogP contribution in [0.4, 0.5) is 4.79 Å². The molecule has 0 aromatic carbocycles. The van der Waals surface area contributed by atoms with Gasteiger partial charge < -0.3 is 14.8 Å². The lowest BCUT2D eigenvalue weighted by molar-refractivity contribution is -0.131. The van der Waals surface area contributed by atoms with Crippen molar-refractivity contribution in [3.05, 3.63) is 0 Å². The van der Waals surface area contributed by atoms with Crippen LogP contribution in [0.3, 0.4) is 0 Å². The van der Waals surface area contributed by atoms with Gasteiger partial charge in [0.05, 0.1) is 24.7 Å². The van der Waals surface area contributed by atoms with Gasteiger partial charge in [-0.25, -0.2) is 4.79 Å². The molecule has 0 heterocycles. The number of ether oxygens (including phenoxy) is 2. The van der Waals surface area contributed by atoms with E-state index in [4.69, 9.17) is 4.74 Å². The Morgan fingerprint density at radius 1 is 1.29 bits per heavy atom. The largest absolute Gasteiger partial charge is 0.453 e. The van der Waals surface area contributed by atoms with Crippen molar-refractivity contribution in [2.24, 2.45) is 5.92 Å². The van der Waals surface area contributed by atoms with Crippen LogP contribution in [-0.4, -0.2) is 37.2 Å². The van der Waals surface area contributed by atoms with Crippen LogP contribution in [0.2, 0.25) is 0 Å². The van der Waals surface area contributed by atoms with E-state index in [1.807, 2.05) is 27.7 Å².